The summed E-state index contributed by atoms with van der Waals surface area (Å²) in [6.07, 6.45) is -0.994. The fourth-order valence-corrected chi connectivity index (χ4v) is 2.30. The van der Waals surface area contributed by atoms with E-state index in [9.17, 15) is 9.90 Å². The molecule has 0 spiro atoms. The summed E-state index contributed by atoms with van der Waals surface area (Å²) < 4.78 is 9.78. The maximum Gasteiger partial charge on any atom is 0.308 e. The van der Waals surface area contributed by atoms with Gasteiger partial charge in [-0.15, -0.1) is 0 Å². The molecule has 0 aromatic heterocycles. The highest BCUT2D eigenvalue weighted by Gasteiger charge is 2.24. The Labute approximate surface area is 135 Å². The maximum absolute atomic E-state index is 11.5. The number of hydrogen-bond acceptors (Lipinski definition) is 5. The molecule has 0 heterocycles. The summed E-state index contributed by atoms with van der Waals surface area (Å²) in [4.78, 5) is 11.5. The molecule has 0 saturated carbocycles. The van der Waals surface area contributed by atoms with E-state index in [4.69, 9.17) is 4.74 Å². The van der Waals surface area contributed by atoms with Gasteiger partial charge in [-0.3, -0.25) is 4.79 Å². The van der Waals surface area contributed by atoms with Gasteiger partial charge in [0.1, 0.15) is 5.75 Å². The summed E-state index contributed by atoms with van der Waals surface area (Å²) in [5, 5.41) is 13.7. The van der Waals surface area contributed by atoms with Crippen molar-refractivity contribution in [1.29, 1.82) is 0 Å². The Morgan fingerprint density at radius 2 is 1.74 bits per heavy atom. The zero-order valence-corrected chi connectivity index (χ0v) is 13.2. The summed E-state index contributed by atoms with van der Waals surface area (Å²) in [6.45, 7) is 0. The van der Waals surface area contributed by atoms with Crippen LogP contribution < -0.4 is 10.1 Å². The summed E-state index contributed by atoms with van der Waals surface area (Å²) in [6, 6.07) is 16.5. The van der Waals surface area contributed by atoms with Gasteiger partial charge in [-0.1, -0.05) is 30.3 Å². The minimum Gasteiger partial charge on any atom is -0.497 e. The molecule has 5 nitrogen and oxygen atoms in total. The van der Waals surface area contributed by atoms with E-state index in [0.29, 0.717) is 0 Å². The highest BCUT2D eigenvalue weighted by atomic mass is 16.5. The first-order valence-electron chi connectivity index (χ1n) is 7.34. The molecule has 2 rings (SSSR count). The molecule has 0 aliphatic rings. The summed E-state index contributed by atoms with van der Waals surface area (Å²) in [5.74, 6) is 0.303. The van der Waals surface area contributed by atoms with Crippen LogP contribution in [0.15, 0.2) is 54.6 Å². The van der Waals surface area contributed by atoms with Crippen LogP contribution in [0.4, 0.5) is 5.69 Å². The van der Waals surface area contributed by atoms with Crippen molar-refractivity contribution in [2.45, 2.75) is 18.6 Å². The lowest BCUT2D eigenvalue weighted by molar-refractivity contribution is -0.143. The normalized spacial score (nSPS) is 13.0. The van der Waals surface area contributed by atoms with Crippen LogP contribution in [0, 0.1) is 0 Å². The van der Waals surface area contributed by atoms with E-state index >= 15 is 0 Å². The number of benzene rings is 2. The molecule has 0 fully saturated rings. The Bertz CT molecular complexity index is 613. The van der Waals surface area contributed by atoms with E-state index in [-0.39, 0.29) is 6.42 Å². The van der Waals surface area contributed by atoms with Crippen LogP contribution in [0.3, 0.4) is 0 Å². The topological polar surface area (TPSA) is 67.8 Å². The number of esters is 1. The van der Waals surface area contributed by atoms with Gasteiger partial charge in [0, 0.05) is 5.69 Å². The van der Waals surface area contributed by atoms with E-state index in [1.165, 1.54) is 7.11 Å². The largest absolute Gasteiger partial charge is 0.497 e. The van der Waals surface area contributed by atoms with E-state index in [1.807, 2.05) is 54.6 Å². The number of rotatable bonds is 7. The molecule has 2 N–H and O–H groups in total. The molecule has 2 aromatic rings. The van der Waals surface area contributed by atoms with E-state index in [1.54, 1.807) is 7.11 Å². The van der Waals surface area contributed by atoms with Crippen molar-refractivity contribution in [3.63, 3.8) is 0 Å². The monoisotopic (exact) mass is 315 g/mol. The molecule has 2 aromatic carbocycles. The molecule has 0 bridgehead atoms. The Morgan fingerprint density at radius 3 is 2.30 bits per heavy atom. The molecule has 0 radical (unpaired) electrons. The first kappa shape index (κ1) is 16.8. The van der Waals surface area contributed by atoms with Crippen LogP contribution in [0.2, 0.25) is 0 Å². The standard InChI is InChI=1S/C18H21NO4/c1-22-15-10-8-14(9-11-15)19-18(13-6-4-3-5-7-13)16(20)12-17(21)23-2/h3-11,16,18-20H,12H2,1-2H3/t16-,18+/m0/s1. The van der Waals surface area contributed by atoms with E-state index in [0.717, 1.165) is 17.0 Å². The fraction of sp³-hybridized carbons (Fsp3) is 0.278. The van der Waals surface area contributed by atoms with Crippen molar-refractivity contribution in [2.24, 2.45) is 0 Å². The third kappa shape index (κ3) is 4.72. The lowest BCUT2D eigenvalue weighted by atomic mass is 9.98. The Morgan fingerprint density at radius 1 is 1.09 bits per heavy atom. The minimum atomic E-state index is -0.910. The predicted octanol–water partition coefficient (Wildman–Crippen LogP) is 2.77. The Balaban J connectivity index is 2.20. The average molecular weight is 315 g/mol. The van der Waals surface area contributed by atoms with E-state index in [2.05, 4.69) is 10.1 Å². The molecule has 0 amide bonds. The quantitative estimate of drug-likeness (QED) is 0.769. The van der Waals surface area contributed by atoms with Gasteiger partial charge in [0.15, 0.2) is 0 Å². The number of aliphatic hydroxyl groups is 1. The van der Waals surface area contributed by atoms with Crippen LogP contribution in [0.25, 0.3) is 0 Å². The predicted molar refractivity (Wildman–Crippen MR) is 88.4 cm³/mol. The Kier molecular flexibility index (Phi) is 6.00. The number of hydrogen-bond donors (Lipinski definition) is 2. The van der Waals surface area contributed by atoms with Gasteiger partial charge in [0.05, 0.1) is 32.8 Å². The maximum atomic E-state index is 11.5. The first-order valence-corrected chi connectivity index (χ1v) is 7.34. The van der Waals surface area contributed by atoms with Gasteiger partial charge in [-0.2, -0.15) is 0 Å². The van der Waals surface area contributed by atoms with Gasteiger partial charge in [-0.25, -0.2) is 0 Å². The lowest BCUT2D eigenvalue weighted by Gasteiger charge is -2.25. The number of aliphatic hydroxyl groups excluding tert-OH is 1. The van der Waals surface area contributed by atoms with Gasteiger partial charge in [-0.05, 0) is 29.8 Å². The van der Waals surface area contributed by atoms with Crippen molar-refractivity contribution in [3.05, 3.63) is 60.2 Å². The van der Waals surface area contributed by atoms with Crippen molar-refractivity contribution < 1.29 is 19.4 Å². The minimum absolute atomic E-state index is 0.0841. The SMILES string of the molecule is COC(=O)C[C@H](O)[C@H](Nc1ccc(OC)cc1)c1ccccc1. The van der Waals surface area contributed by atoms with Crippen LogP contribution in [-0.4, -0.2) is 31.4 Å². The van der Waals surface area contributed by atoms with Crippen molar-refractivity contribution in [2.75, 3.05) is 19.5 Å². The van der Waals surface area contributed by atoms with Gasteiger partial charge in [0.2, 0.25) is 0 Å². The van der Waals surface area contributed by atoms with Crippen molar-refractivity contribution in [3.8, 4) is 5.75 Å². The highest BCUT2D eigenvalue weighted by molar-refractivity contribution is 5.70. The van der Waals surface area contributed by atoms with Crippen molar-refractivity contribution >= 4 is 11.7 Å². The molecule has 122 valence electrons. The molecule has 0 aliphatic heterocycles. The summed E-state index contributed by atoms with van der Waals surface area (Å²) >= 11 is 0. The van der Waals surface area contributed by atoms with Crippen LogP contribution in [0.1, 0.15) is 18.0 Å². The molecule has 0 unspecified atom stereocenters. The second-order valence-corrected chi connectivity index (χ2v) is 5.11. The zero-order valence-electron chi connectivity index (χ0n) is 13.2. The fourth-order valence-electron chi connectivity index (χ4n) is 2.30. The van der Waals surface area contributed by atoms with Crippen LogP contribution in [0.5, 0.6) is 5.75 Å². The number of anilines is 1. The smallest absolute Gasteiger partial charge is 0.308 e. The summed E-state index contributed by atoms with van der Waals surface area (Å²) in [7, 11) is 2.92. The van der Waals surface area contributed by atoms with Crippen LogP contribution in [-0.2, 0) is 9.53 Å². The molecule has 2 atom stereocenters. The van der Waals surface area contributed by atoms with Gasteiger partial charge >= 0.3 is 5.97 Å². The number of nitrogens with one attached hydrogen (secondary N) is 1. The van der Waals surface area contributed by atoms with Gasteiger partial charge in [0.25, 0.3) is 0 Å². The number of methoxy groups -OCH3 is 2. The molecular formula is C18H21NO4. The average Bonchev–Trinajstić information content (AvgIpc) is 2.60. The zero-order chi connectivity index (χ0) is 16.7. The first-order chi connectivity index (χ1) is 11.1. The van der Waals surface area contributed by atoms with Crippen molar-refractivity contribution in [1.82, 2.24) is 0 Å². The molecule has 5 heteroatoms. The van der Waals surface area contributed by atoms with Gasteiger partial charge < -0.3 is 19.9 Å². The van der Waals surface area contributed by atoms with Crippen LogP contribution >= 0.6 is 0 Å². The lowest BCUT2D eigenvalue weighted by Crippen LogP contribution is -2.28. The molecule has 0 aliphatic carbocycles. The summed E-state index contributed by atoms with van der Waals surface area (Å²) in [5.41, 5.74) is 1.71. The Hall–Kier alpha value is -2.53. The number of carbonyl (C=O) groups is 1. The third-order valence-corrected chi connectivity index (χ3v) is 3.56. The van der Waals surface area contributed by atoms with E-state index < -0.39 is 18.1 Å². The molecular weight excluding hydrogens is 294 g/mol. The highest BCUT2D eigenvalue weighted by Crippen LogP contribution is 2.26. The number of carbonyl (C=O) groups excluding carboxylic acids is 1. The molecule has 0 saturated heterocycles. The number of ether oxygens (including phenoxy) is 2. The second kappa shape index (κ2) is 8.19. The third-order valence-electron chi connectivity index (χ3n) is 3.56. The molecule has 23 heavy (non-hydrogen) atoms. The second-order valence-electron chi connectivity index (χ2n) is 5.11.